The van der Waals surface area contributed by atoms with Gasteiger partial charge in [-0.1, -0.05) is 41.9 Å². The first-order valence-electron chi connectivity index (χ1n) is 7.34. The highest BCUT2D eigenvalue weighted by atomic mass is 35.5. The van der Waals surface area contributed by atoms with E-state index >= 15 is 0 Å². The number of nitrogens with zero attached hydrogens (tertiary/aromatic N) is 4. The normalized spacial score (nSPS) is 10.7. The Morgan fingerprint density at radius 1 is 1.33 bits per heavy atom. The molecule has 3 rings (SSSR count). The summed E-state index contributed by atoms with van der Waals surface area (Å²) < 4.78 is 2.77. The zero-order valence-corrected chi connectivity index (χ0v) is 13.6. The van der Waals surface area contributed by atoms with E-state index < -0.39 is 5.56 Å². The number of carbonyl (C=O) groups is 1. The summed E-state index contributed by atoms with van der Waals surface area (Å²) in [6.07, 6.45) is 1.28. The predicted octanol–water partition coefficient (Wildman–Crippen LogP) is 2.63. The van der Waals surface area contributed by atoms with Gasteiger partial charge in [0.2, 0.25) is 0 Å². The van der Waals surface area contributed by atoms with Gasteiger partial charge in [0.15, 0.2) is 5.78 Å². The number of nitriles is 1. The summed E-state index contributed by atoms with van der Waals surface area (Å²) in [5.41, 5.74) is 0.799. The summed E-state index contributed by atoms with van der Waals surface area (Å²) >= 11 is 6.16. The number of aryl methyl sites for hydroxylation is 1. The smallest absolute Gasteiger partial charge is 0.278 e. The monoisotopic (exact) mass is 340 g/mol. The first-order valence-corrected chi connectivity index (χ1v) is 7.71. The molecule has 0 atom stereocenters. The fraction of sp³-hybridized carbons (Fsp3) is 0.176. The van der Waals surface area contributed by atoms with E-state index in [1.54, 1.807) is 24.3 Å². The molecular formula is C17H13ClN4O2. The minimum Gasteiger partial charge on any atom is -0.325 e. The van der Waals surface area contributed by atoms with Crippen LogP contribution in [0.4, 0.5) is 0 Å². The van der Waals surface area contributed by atoms with Crippen LogP contribution in [0.2, 0.25) is 5.15 Å². The second kappa shape index (κ2) is 6.30. The van der Waals surface area contributed by atoms with E-state index in [1.807, 2.05) is 19.1 Å². The molecule has 6 nitrogen and oxygen atoms in total. The molecule has 0 aliphatic heterocycles. The van der Waals surface area contributed by atoms with Gasteiger partial charge in [-0.3, -0.25) is 14.2 Å². The summed E-state index contributed by atoms with van der Waals surface area (Å²) in [4.78, 5) is 29.2. The van der Waals surface area contributed by atoms with Crippen molar-refractivity contribution in [2.75, 3.05) is 0 Å². The minimum atomic E-state index is -0.394. The van der Waals surface area contributed by atoms with E-state index in [4.69, 9.17) is 11.6 Å². The van der Waals surface area contributed by atoms with Gasteiger partial charge in [0.25, 0.3) is 5.56 Å². The van der Waals surface area contributed by atoms with Gasteiger partial charge in [0.05, 0.1) is 12.9 Å². The van der Waals surface area contributed by atoms with Crippen molar-refractivity contribution in [1.29, 1.82) is 5.26 Å². The molecule has 0 aliphatic rings. The van der Waals surface area contributed by atoms with Gasteiger partial charge in [0.1, 0.15) is 27.8 Å². The van der Waals surface area contributed by atoms with Gasteiger partial charge < -0.3 is 4.57 Å². The molecule has 0 fully saturated rings. The Balaban J connectivity index is 2.12. The second-order valence-corrected chi connectivity index (χ2v) is 5.54. The lowest BCUT2D eigenvalue weighted by Crippen LogP contribution is -2.26. The van der Waals surface area contributed by atoms with Gasteiger partial charge in [-0.15, -0.1) is 0 Å². The minimum absolute atomic E-state index is 0.125. The summed E-state index contributed by atoms with van der Waals surface area (Å²) in [6.45, 7) is 2.11. The molecule has 0 saturated carbocycles. The molecule has 24 heavy (non-hydrogen) atoms. The van der Waals surface area contributed by atoms with Gasteiger partial charge in [-0.25, -0.2) is 4.98 Å². The van der Waals surface area contributed by atoms with Crippen LogP contribution in [0.1, 0.15) is 22.8 Å². The summed E-state index contributed by atoms with van der Waals surface area (Å²) in [7, 11) is 0. The zero-order chi connectivity index (χ0) is 17.3. The van der Waals surface area contributed by atoms with Crippen LogP contribution >= 0.6 is 11.6 Å². The summed E-state index contributed by atoms with van der Waals surface area (Å²) in [5.74, 6) is -0.194. The fourth-order valence-corrected chi connectivity index (χ4v) is 2.95. The zero-order valence-electron chi connectivity index (χ0n) is 12.9. The van der Waals surface area contributed by atoms with Crippen LogP contribution in [-0.4, -0.2) is 19.9 Å². The molecule has 1 aromatic carbocycles. The van der Waals surface area contributed by atoms with Crippen LogP contribution < -0.4 is 5.56 Å². The molecule has 0 aliphatic carbocycles. The Morgan fingerprint density at radius 3 is 2.67 bits per heavy atom. The lowest BCUT2D eigenvalue weighted by molar-refractivity contribution is 0.0970. The number of hydrogen-bond acceptors (Lipinski definition) is 4. The van der Waals surface area contributed by atoms with Gasteiger partial charge >= 0.3 is 0 Å². The SMILES string of the molecule is CCn1c(Cl)c(C#N)c2ncn(CC(=O)c3ccccc3)c(=O)c21. The van der Waals surface area contributed by atoms with Gasteiger partial charge in [0, 0.05) is 12.1 Å². The van der Waals surface area contributed by atoms with E-state index in [2.05, 4.69) is 4.98 Å². The maximum absolute atomic E-state index is 12.7. The van der Waals surface area contributed by atoms with Gasteiger partial charge in [-0.2, -0.15) is 5.26 Å². The van der Waals surface area contributed by atoms with E-state index in [0.717, 1.165) is 0 Å². The third-order valence-electron chi connectivity index (χ3n) is 3.80. The molecule has 0 saturated heterocycles. The first-order chi connectivity index (χ1) is 11.6. The lowest BCUT2D eigenvalue weighted by atomic mass is 10.1. The Labute approximate surface area is 142 Å². The fourth-order valence-electron chi connectivity index (χ4n) is 2.61. The van der Waals surface area contributed by atoms with Crippen LogP contribution in [0.25, 0.3) is 11.0 Å². The lowest BCUT2D eigenvalue weighted by Gasteiger charge is -2.06. The van der Waals surface area contributed by atoms with Crippen LogP contribution in [0, 0.1) is 11.3 Å². The van der Waals surface area contributed by atoms with Crippen molar-refractivity contribution >= 4 is 28.4 Å². The van der Waals surface area contributed by atoms with Crippen molar-refractivity contribution in [2.45, 2.75) is 20.0 Å². The average molecular weight is 341 g/mol. The van der Waals surface area contributed by atoms with Crippen LogP contribution in [0.15, 0.2) is 41.5 Å². The van der Waals surface area contributed by atoms with Crippen molar-refractivity contribution in [3.8, 4) is 6.07 Å². The van der Waals surface area contributed by atoms with Crippen LogP contribution in [0.5, 0.6) is 0 Å². The van der Waals surface area contributed by atoms with E-state index in [-0.39, 0.29) is 34.1 Å². The molecule has 0 bridgehead atoms. The highest BCUT2D eigenvalue weighted by Crippen LogP contribution is 2.25. The second-order valence-electron chi connectivity index (χ2n) is 5.19. The predicted molar refractivity (Wildman–Crippen MR) is 90.2 cm³/mol. The quantitative estimate of drug-likeness (QED) is 0.684. The highest BCUT2D eigenvalue weighted by molar-refractivity contribution is 6.32. The molecule has 0 spiro atoms. The summed E-state index contributed by atoms with van der Waals surface area (Å²) in [5, 5.41) is 9.42. The molecular weight excluding hydrogens is 328 g/mol. The van der Waals surface area contributed by atoms with Crippen molar-refractivity contribution in [2.24, 2.45) is 0 Å². The van der Waals surface area contributed by atoms with Crippen LogP contribution in [0.3, 0.4) is 0 Å². The third-order valence-corrected chi connectivity index (χ3v) is 4.19. The average Bonchev–Trinajstić information content (AvgIpc) is 2.89. The molecule has 0 amide bonds. The number of ketones is 1. The number of hydrogen-bond donors (Lipinski definition) is 0. The molecule has 0 unspecified atom stereocenters. The molecule has 2 heterocycles. The number of aromatic nitrogens is 3. The van der Waals surface area contributed by atoms with E-state index in [0.29, 0.717) is 12.1 Å². The molecule has 2 aromatic heterocycles. The van der Waals surface area contributed by atoms with Crippen molar-refractivity contribution in [3.63, 3.8) is 0 Å². The van der Waals surface area contributed by atoms with Crippen molar-refractivity contribution < 1.29 is 4.79 Å². The number of carbonyl (C=O) groups excluding carboxylic acids is 1. The maximum atomic E-state index is 12.7. The number of fused-ring (bicyclic) bond motifs is 1. The molecule has 7 heteroatoms. The molecule has 0 N–H and O–H groups in total. The largest absolute Gasteiger partial charge is 0.325 e. The standard InChI is InChI=1S/C17H13ClN4O2/c1-2-22-15-14(12(8-19)16(22)18)20-10-21(17(15)24)9-13(23)11-6-4-3-5-7-11/h3-7,10H,2,9H2,1H3. The van der Waals surface area contributed by atoms with E-state index in [1.165, 1.54) is 15.5 Å². The van der Waals surface area contributed by atoms with Gasteiger partial charge in [-0.05, 0) is 6.92 Å². The van der Waals surface area contributed by atoms with Crippen LogP contribution in [-0.2, 0) is 13.1 Å². The molecule has 3 aromatic rings. The number of Topliss-reactive ketones (excluding diaryl/α,β-unsaturated/α-hetero) is 1. The number of halogens is 1. The Hall–Kier alpha value is -2.91. The Bertz CT molecular complexity index is 1030. The first kappa shape index (κ1) is 16.0. The summed E-state index contributed by atoms with van der Waals surface area (Å²) in [6, 6.07) is 10.7. The van der Waals surface area contributed by atoms with Crippen molar-refractivity contribution in [1.82, 2.24) is 14.1 Å². The third kappa shape index (κ3) is 2.49. The topological polar surface area (TPSA) is 80.7 Å². The molecule has 120 valence electrons. The number of benzene rings is 1. The Kier molecular flexibility index (Phi) is 4.19. The Morgan fingerprint density at radius 2 is 2.04 bits per heavy atom. The van der Waals surface area contributed by atoms with Crippen molar-refractivity contribution in [3.05, 3.63) is 63.3 Å². The van der Waals surface area contributed by atoms with E-state index in [9.17, 15) is 14.9 Å². The highest BCUT2D eigenvalue weighted by Gasteiger charge is 2.20. The molecule has 0 radical (unpaired) electrons. The number of rotatable bonds is 4. The maximum Gasteiger partial charge on any atom is 0.278 e.